The van der Waals surface area contributed by atoms with E-state index in [2.05, 4.69) is 0 Å². The fraction of sp³-hybridized carbons (Fsp3) is 0.764. The quantitative estimate of drug-likeness (QED) is 0.0990. The van der Waals surface area contributed by atoms with Gasteiger partial charge in [0, 0.05) is 64.4 Å². The van der Waals surface area contributed by atoms with Gasteiger partial charge in [0.05, 0.1) is 44.2 Å². The molecule has 0 aromatic carbocycles. The number of rotatable bonds is 11. The molecule has 17 heteroatoms. The van der Waals surface area contributed by atoms with Crippen LogP contribution in [0.2, 0.25) is 0 Å². The maximum atomic E-state index is 14.5. The molecular weight excluding hydrogens is 931 g/mol. The first-order chi connectivity index (χ1) is 34.1. The zero-order valence-electron chi connectivity index (χ0n) is 44.8. The zero-order valence-corrected chi connectivity index (χ0v) is 44.8. The van der Waals surface area contributed by atoms with Crippen molar-refractivity contribution in [3.8, 4) is 0 Å². The van der Waals surface area contributed by atoms with Crippen molar-refractivity contribution in [2.75, 3.05) is 47.7 Å². The van der Waals surface area contributed by atoms with Gasteiger partial charge in [0.25, 0.3) is 11.7 Å². The summed E-state index contributed by atoms with van der Waals surface area (Å²) in [6.45, 7) is 14.5. The number of cyclic esters (lactones) is 1. The van der Waals surface area contributed by atoms with Crippen LogP contribution in [0.5, 0.6) is 0 Å². The Morgan fingerprint density at radius 3 is 2.22 bits per heavy atom. The molecule has 3 fully saturated rings. The van der Waals surface area contributed by atoms with Crippen molar-refractivity contribution in [2.24, 2.45) is 35.5 Å². The molecule has 2 saturated heterocycles. The van der Waals surface area contributed by atoms with Crippen molar-refractivity contribution in [2.45, 2.75) is 187 Å². The Balaban J connectivity index is 1.75. The maximum Gasteiger partial charge on any atom is 0.329 e. The van der Waals surface area contributed by atoms with E-state index in [0.29, 0.717) is 68.5 Å². The number of nitrogens with zero attached hydrogens (tertiary/aromatic N) is 1. The number of amides is 1. The van der Waals surface area contributed by atoms with E-state index < -0.39 is 83.7 Å². The lowest BCUT2D eigenvalue weighted by Gasteiger charge is -2.43. The highest BCUT2D eigenvalue weighted by atomic mass is 16.6. The van der Waals surface area contributed by atoms with Crippen molar-refractivity contribution < 1.29 is 77.6 Å². The topological polar surface area (TPSA) is 234 Å². The molecule has 0 aromatic rings. The van der Waals surface area contributed by atoms with Gasteiger partial charge < -0.3 is 58.5 Å². The van der Waals surface area contributed by atoms with Crippen LogP contribution in [0, 0.1) is 35.5 Å². The largest absolute Gasteiger partial charge is 0.508 e. The third kappa shape index (κ3) is 16.1. The number of allylic oxidation sites excluding steroid dienone is 4. The number of ether oxygens (including phenoxy) is 7. The molecule has 4 aliphatic rings. The molecule has 3 aliphatic heterocycles. The Hall–Kier alpha value is -3.81. The third-order valence-electron chi connectivity index (χ3n) is 15.4. The fourth-order valence-corrected chi connectivity index (χ4v) is 10.9. The van der Waals surface area contributed by atoms with E-state index in [4.69, 9.17) is 33.2 Å². The molecule has 4 rings (SSSR count). The third-order valence-corrected chi connectivity index (χ3v) is 15.4. The first kappa shape index (κ1) is 60.7. The number of hydrogen-bond acceptors (Lipinski definition) is 16. The van der Waals surface area contributed by atoms with Gasteiger partial charge in [-0.3, -0.25) is 19.2 Å². The van der Waals surface area contributed by atoms with Gasteiger partial charge in [0.15, 0.2) is 5.78 Å². The van der Waals surface area contributed by atoms with Gasteiger partial charge in [-0.15, -0.1) is 0 Å². The van der Waals surface area contributed by atoms with E-state index in [1.54, 1.807) is 53.0 Å². The number of aliphatic hydroxyl groups is 4. The second-order valence-electron chi connectivity index (χ2n) is 20.9. The number of esters is 1. The minimum absolute atomic E-state index is 0.0551. The predicted molar refractivity (Wildman–Crippen MR) is 268 cm³/mol. The van der Waals surface area contributed by atoms with Gasteiger partial charge >= 0.3 is 5.97 Å². The Labute approximate surface area is 427 Å². The summed E-state index contributed by atoms with van der Waals surface area (Å²) in [5, 5.41) is 44.1. The minimum atomic E-state index is -2.50. The van der Waals surface area contributed by atoms with Gasteiger partial charge in [-0.05, 0) is 126 Å². The molecule has 2 bridgehead atoms. The normalized spacial score (nSPS) is 37.3. The molecule has 15 atom stereocenters. The zero-order chi connectivity index (χ0) is 53.4. The van der Waals surface area contributed by atoms with Crippen LogP contribution in [-0.4, -0.2) is 157 Å². The molecule has 1 saturated carbocycles. The van der Waals surface area contributed by atoms with Gasteiger partial charge in [-0.25, -0.2) is 4.79 Å². The van der Waals surface area contributed by atoms with Crippen molar-refractivity contribution in [1.82, 2.24) is 4.90 Å². The number of carbonyl (C=O) groups is 5. The lowest BCUT2D eigenvalue weighted by molar-refractivity contribution is -0.266. The minimum Gasteiger partial charge on any atom is -0.508 e. The number of piperidine rings is 1. The highest BCUT2D eigenvalue weighted by Gasteiger charge is 2.53. The Bertz CT molecular complexity index is 1950. The summed E-state index contributed by atoms with van der Waals surface area (Å²) < 4.78 is 41.5. The highest BCUT2D eigenvalue weighted by Crippen LogP contribution is 2.38. The number of Topliss-reactive ketones (excluding diaryl/α,β-unsaturated/α-hetero) is 3. The van der Waals surface area contributed by atoms with Gasteiger partial charge in [-0.2, -0.15) is 0 Å². The fourth-order valence-electron chi connectivity index (χ4n) is 10.9. The van der Waals surface area contributed by atoms with E-state index in [1.807, 2.05) is 27.7 Å². The molecule has 0 aromatic heterocycles. The van der Waals surface area contributed by atoms with Crippen molar-refractivity contribution in [1.29, 1.82) is 0 Å². The Morgan fingerprint density at radius 2 is 1.57 bits per heavy atom. The molecule has 72 heavy (non-hydrogen) atoms. The SMILES string of the molecule is CCO/C1=C(/C)C[C@@H](C)C(=O)[C@H](OC)[C@H](O)/C(C)=C/[C@@H](C)C(=O)C[C@@H]([C@H](C)C[C@@H]2CC[C@@H](OCCO)[C@H](OC)C2)OC(=O)[C@@H]2CCCCN2C(=O)C(=O)[C@]2(O)O[C@@H](CC[C@H]2C)C[C@H](OC)C(C)C=C(O)C=C1. The van der Waals surface area contributed by atoms with E-state index in [-0.39, 0.29) is 86.8 Å². The average Bonchev–Trinajstić information content (AvgIpc) is 3.36. The van der Waals surface area contributed by atoms with Crippen LogP contribution in [0.1, 0.15) is 132 Å². The number of fused-ring (bicyclic) bond motifs is 3. The lowest BCUT2D eigenvalue weighted by atomic mass is 9.78. The van der Waals surface area contributed by atoms with Crippen LogP contribution in [-0.2, 0) is 57.1 Å². The first-order valence-electron chi connectivity index (χ1n) is 26.2. The van der Waals surface area contributed by atoms with Gasteiger partial charge in [0.2, 0.25) is 5.79 Å². The summed E-state index contributed by atoms with van der Waals surface area (Å²) >= 11 is 0. The number of hydrogen-bond donors (Lipinski definition) is 4. The molecule has 408 valence electrons. The second-order valence-corrected chi connectivity index (χ2v) is 20.9. The molecular formula is C55H87NO16. The van der Waals surface area contributed by atoms with Crippen LogP contribution in [0.15, 0.2) is 47.0 Å². The number of ketones is 3. The average molecular weight is 1020 g/mol. The molecule has 17 nitrogen and oxygen atoms in total. The number of aliphatic hydroxyl groups excluding tert-OH is 3. The monoisotopic (exact) mass is 1020 g/mol. The molecule has 0 spiro atoms. The van der Waals surface area contributed by atoms with Gasteiger partial charge in [-0.1, -0.05) is 40.7 Å². The Morgan fingerprint density at radius 1 is 0.861 bits per heavy atom. The van der Waals surface area contributed by atoms with Crippen LogP contribution in [0.4, 0.5) is 0 Å². The summed E-state index contributed by atoms with van der Waals surface area (Å²) in [5.74, 6) is -8.64. The van der Waals surface area contributed by atoms with E-state index >= 15 is 0 Å². The molecule has 0 radical (unpaired) electrons. The molecule has 1 aliphatic carbocycles. The van der Waals surface area contributed by atoms with E-state index in [9.17, 15) is 44.4 Å². The second kappa shape index (κ2) is 28.7. The van der Waals surface area contributed by atoms with E-state index in [1.165, 1.54) is 25.2 Å². The summed E-state index contributed by atoms with van der Waals surface area (Å²) in [4.78, 5) is 72.6. The van der Waals surface area contributed by atoms with Crippen molar-refractivity contribution >= 4 is 29.2 Å². The van der Waals surface area contributed by atoms with Crippen LogP contribution < -0.4 is 0 Å². The predicted octanol–water partition coefficient (Wildman–Crippen LogP) is 6.45. The summed E-state index contributed by atoms with van der Waals surface area (Å²) in [7, 11) is 4.48. The Kier molecular flexibility index (Phi) is 24.3. The van der Waals surface area contributed by atoms with Crippen LogP contribution in [0.3, 0.4) is 0 Å². The highest BCUT2D eigenvalue weighted by molar-refractivity contribution is 6.39. The van der Waals surface area contributed by atoms with E-state index in [0.717, 1.165) is 6.42 Å². The standard InChI is InChI=1S/C55H87NO16/c1-12-69-44-21-18-40(58)28-35(5)46(66-9)30-41-19-16-38(8)55(65,72-41)52(62)53(63)56-22-14-13-15-42(56)54(64)71-47(34(4)27-39-17-20-45(70-24-23-57)48(29-39)67-10)31-43(59)32(2)25-36(6)49(60)51(68-11)50(61)37(7)26-33(44)3/h18,21,25,28,32,34-35,37-39,41-42,45-49,51,57-58,60,65H,12-17,19-20,22-24,26-27,29-31H2,1-11H3/b21-18?,36-25+,40-28?,44-33-/t32-,34-,35?,37-,38-,39+,41+,42+,45-,46+,47+,48-,49-,51-,55-/m1/s1. The molecule has 1 amide bonds. The number of methoxy groups -OCH3 is 3. The van der Waals surface area contributed by atoms with Crippen LogP contribution in [0.25, 0.3) is 0 Å². The van der Waals surface area contributed by atoms with Crippen molar-refractivity contribution in [3.63, 3.8) is 0 Å². The number of carbonyl (C=O) groups excluding carboxylic acids is 5. The molecule has 4 N–H and O–H groups in total. The summed E-state index contributed by atoms with van der Waals surface area (Å²) in [5.41, 5.74) is 1.05. The smallest absolute Gasteiger partial charge is 0.329 e. The maximum absolute atomic E-state index is 14.5. The molecule has 3 heterocycles. The summed E-state index contributed by atoms with van der Waals surface area (Å²) in [6, 6.07) is -1.18. The summed E-state index contributed by atoms with van der Waals surface area (Å²) in [6.07, 6.45) is 5.98. The molecule has 1 unspecified atom stereocenters. The van der Waals surface area contributed by atoms with Crippen LogP contribution >= 0.6 is 0 Å². The lowest BCUT2D eigenvalue weighted by Crippen LogP contribution is -2.61. The first-order valence-corrected chi connectivity index (χ1v) is 26.2. The van der Waals surface area contributed by atoms with Crippen molar-refractivity contribution in [3.05, 3.63) is 47.0 Å². The van der Waals surface area contributed by atoms with Gasteiger partial charge in [0.1, 0.15) is 41.7 Å².